The molecule has 2 aliphatic rings. The summed E-state index contributed by atoms with van der Waals surface area (Å²) in [5.74, 6) is -1.07. The standard InChI is InChI=1S/C27H20F3N3O6S/c28-27(29,30)17-2-1-3-19(11-17)32-26-33(13-15-4-9-20-21(10-15)39-14-38-20)23(34)12-22(40-26)24(35)31-18-7-5-16(6-8-18)25(36)37/h1-11,22H,12-14H2,(H,31,35)(H,36,37)/t22-/m0/s1. The van der Waals surface area contributed by atoms with Gasteiger partial charge in [-0.25, -0.2) is 9.79 Å². The highest BCUT2D eigenvalue weighted by Crippen LogP contribution is 2.36. The highest BCUT2D eigenvalue weighted by atomic mass is 32.2. The first-order chi connectivity index (χ1) is 19.1. The van der Waals surface area contributed by atoms with Gasteiger partial charge in [-0.05, 0) is 60.2 Å². The van der Waals surface area contributed by atoms with E-state index in [0.29, 0.717) is 22.7 Å². The number of halogens is 3. The van der Waals surface area contributed by atoms with Gasteiger partial charge >= 0.3 is 12.1 Å². The van der Waals surface area contributed by atoms with Crippen LogP contribution in [0.2, 0.25) is 0 Å². The van der Waals surface area contributed by atoms with Crippen molar-refractivity contribution in [2.75, 3.05) is 12.1 Å². The Kier molecular flexibility index (Phi) is 7.39. The minimum absolute atomic E-state index is 0.0330. The highest BCUT2D eigenvalue weighted by Gasteiger charge is 2.37. The number of rotatable bonds is 6. The maximum Gasteiger partial charge on any atom is 0.416 e. The van der Waals surface area contributed by atoms with Gasteiger partial charge < -0.3 is 19.9 Å². The molecule has 9 nitrogen and oxygen atoms in total. The van der Waals surface area contributed by atoms with Crippen molar-refractivity contribution < 1.29 is 42.1 Å². The van der Waals surface area contributed by atoms with Crippen molar-refractivity contribution in [3.63, 3.8) is 0 Å². The molecule has 0 aromatic heterocycles. The number of carboxylic acid groups (broad SMARTS) is 1. The maximum absolute atomic E-state index is 13.3. The Balaban J connectivity index is 1.42. The van der Waals surface area contributed by atoms with Crippen molar-refractivity contribution in [2.24, 2.45) is 4.99 Å². The largest absolute Gasteiger partial charge is 0.478 e. The van der Waals surface area contributed by atoms with Crippen LogP contribution in [-0.4, -0.2) is 45.0 Å². The second-order valence-corrected chi connectivity index (χ2v) is 9.96. The number of anilines is 1. The van der Waals surface area contributed by atoms with E-state index in [1.807, 2.05) is 0 Å². The van der Waals surface area contributed by atoms with Crippen molar-refractivity contribution in [2.45, 2.75) is 24.4 Å². The van der Waals surface area contributed by atoms with Crippen molar-refractivity contribution in [3.05, 3.63) is 83.4 Å². The molecular formula is C27H20F3N3O6S. The van der Waals surface area contributed by atoms with E-state index in [-0.39, 0.29) is 36.2 Å². The predicted molar refractivity (Wildman–Crippen MR) is 140 cm³/mol. The van der Waals surface area contributed by atoms with Gasteiger partial charge in [0, 0.05) is 12.1 Å². The molecule has 206 valence electrons. The lowest BCUT2D eigenvalue weighted by Gasteiger charge is -2.32. The summed E-state index contributed by atoms with van der Waals surface area (Å²) in [5, 5.41) is 10.8. The zero-order valence-corrected chi connectivity index (χ0v) is 21.3. The molecule has 0 aliphatic carbocycles. The molecule has 3 aromatic carbocycles. The van der Waals surface area contributed by atoms with Gasteiger partial charge in [0.15, 0.2) is 16.7 Å². The van der Waals surface area contributed by atoms with E-state index < -0.39 is 34.8 Å². The lowest BCUT2D eigenvalue weighted by atomic mass is 10.1. The third kappa shape index (κ3) is 6.04. The number of nitrogens with zero attached hydrogens (tertiary/aromatic N) is 2. The Hall–Kier alpha value is -4.52. The van der Waals surface area contributed by atoms with Crippen molar-refractivity contribution in [3.8, 4) is 11.5 Å². The number of alkyl halides is 3. The van der Waals surface area contributed by atoms with Crippen LogP contribution in [0.1, 0.15) is 27.9 Å². The van der Waals surface area contributed by atoms with E-state index in [1.165, 1.54) is 41.3 Å². The molecule has 0 radical (unpaired) electrons. The Morgan fingerprint density at radius 2 is 1.80 bits per heavy atom. The summed E-state index contributed by atoms with van der Waals surface area (Å²) in [4.78, 5) is 43.1. The van der Waals surface area contributed by atoms with E-state index in [1.54, 1.807) is 18.2 Å². The number of carbonyl (C=O) groups excluding carboxylic acids is 2. The van der Waals surface area contributed by atoms with E-state index in [9.17, 15) is 27.6 Å². The first kappa shape index (κ1) is 27.1. The topological polar surface area (TPSA) is 118 Å². The lowest BCUT2D eigenvalue weighted by Crippen LogP contribution is -2.44. The molecule has 40 heavy (non-hydrogen) atoms. The van der Waals surface area contributed by atoms with Gasteiger partial charge in [0.1, 0.15) is 5.25 Å². The molecule has 2 amide bonds. The minimum atomic E-state index is -4.59. The fraction of sp³-hybridized carbons (Fsp3) is 0.185. The van der Waals surface area contributed by atoms with Gasteiger partial charge in [0.2, 0.25) is 18.6 Å². The molecule has 1 fully saturated rings. The van der Waals surface area contributed by atoms with Crippen LogP contribution >= 0.6 is 11.8 Å². The summed E-state index contributed by atoms with van der Waals surface area (Å²) in [6.45, 7) is 0.0978. The second-order valence-electron chi connectivity index (χ2n) is 8.79. The fourth-order valence-corrected chi connectivity index (χ4v) is 5.10. The average Bonchev–Trinajstić information content (AvgIpc) is 3.38. The quantitative estimate of drug-likeness (QED) is 0.413. The number of amides is 2. The van der Waals surface area contributed by atoms with Crippen LogP contribution in [0.4, 0.5) is 24.5 Å². The SMILES string of the molecule is O=C(O)c1ccc(NC(=O)[C@@H]2CC(=O)N(Cc3ccc4c(c3)OCO4)C(=Nc3cccc(C(F)(F)F)c3)S2)cc1. The molecule has 1 saturated heterocycles. The zero-order chi connectivity index (χ0) is 28.4. The lowest BCUT2D eigenvalue weighted by molar-refractivity contribution is -0.137. The molecule has 2 N–H and O–H groups in total. The summed E-state index contributed by atoms with van der Waals surface area (Å²) in [7, 11) is 0. The van der Waals surface area contributed by atoms with Gasteiger partial charge in [0.25, 0.3) is 0 Å². The van der Waals surface area contributed by atoms with E-state index in [2.05, 4.69) is 10.3 Å². The molecule has 2 aliphatic heterocycles. The fourth-order valence-electron chi connectivity index (χ4n) is 4.00. The highest BCUT2D eigenvalue weighted by molar-refractivity contribution is 8.15. The van der Waals surface area contributed by atoms with Gasteiger partial charge in [-0.2, -0.15) is 13.2 Å². The number of carboxylic acids is 1. The van der Waals surface area contributed by atoms with Crippen LogP contribution in [0.5, 0.6) is 11.5 Å². The number of amidine groups is 1. The van der Waals surface area contributed by atoms with E-state index in [4.69, 9.17) is 14.6 Å². The van der Waals surface area contributed by atoms with Crippen LogP contribution in [0, 0.1) is 0 Å². The van der Waals surface area contributed by atoms with Crippen molar-refractivity contribution >= 4 is 46.1 Å². The monoisotopic (exact) mass is 571 g/mol. The van der Waals surface area contributed by atoms with Gasteiger partial charge in [-0.1, -0.05) is 23.9 Å². The molecular weight excluding hydrogens is 551 g/mol. The number of fused-ring (bicyclic) bond motifs is 1. The normalized spacial score (nSPS) is 17.7. The second kappa shape index (κ2) is 10.9. The number of ether oxygens (including phenoxy) is 2. The number of benzene rings is 3. The Labute approximate surface area is 229 Å². The van der Waals surface area contributed by atoms with Gasteiger partial charge in [0.05, 0.1) is 23.4 Å². The summed E-state index contributed by atoms with van der Waals surface area (Å²) < 4.78 is 50.6. The summed E-state index contributed by atoms with van der Waals surface area (Å²) in [6.07, 6.45) is -4.79. The smallest absolute Gasteiger partial charge is 0.416 e. The first-order valence-corrected chi connectivity index (χ1v) is 12.7. The number of nitrogens with one attached hydrogen (secondary N) is 1. The molecule has 0 unspecified atom stereocenters. The van der Waals surface area contributed by atoms with Gasteiger partial charge in [-0.3, -0.25) is 14.5 Å². The molecule has 1 atom stereocenters. The van der Waals surface area contributed by atoms with Crippen LogP contribution in [0.15, 0.2) is 71.7 Å². The summed E-state index contributed by atoms with van der Waals surface area (Å²) in [5.41, 5.74) is 0.0856. The number of hydrogen-bond donors (Lipinski definition) is 2. The van der Waals surface area contributed by atoms with E-state index in [0.717, 1.165) is 23.9 Å². The number of thioether (sulfide) groups is 1. The molecule has 13 heteroatoms. The molecule has 5 rings (SSSR count). The minimum Gasteiger partial charge on any atom is -0.478 e. The Morgan fingerprint density at radius 3 is 2.52 bits per heavy atom. The predicted octanol–water partition coefficient (Wildman–Crippen LogP) is 5.29. The maximum atomic E-state index is 13.3. The molecule has 0 spiro atoms. The number of aromatic carboxylic acids is 1. The zero-order valence-electron chi connectivity index (χ0n) is 20.5. The Morgan fingerprint density at radius 1 is 1.05 bits per heavy atom. The molecule has 0 saturated carbocycles. The van der Waals surface area contributed by atoms with Crippen LogP contribution < -0.4 is 14.8 Å². The van der Waals surface area contributed by atoms with Gasteiger partial charge in [-0.15, -0.1) is 0 Å². The Bertz CT molecular complexity index is 1510. The van der Waals surface area contributed by atoms with E-state index >= 15 is 0 Å². The van der Waals surface area contributed by atoms with Crippen LogP contribution in [-0.2, 0) is 22.3 Å². The van der Waals surface area contributed by atoms with Crippen LogP contribution in [0.25, 0.3) is 0 Å². The number of carbonyl (C=O) groups is 3. The third-order valence-corrected chi connectivity index (χ3v) is 7.20. The van der Waals surface area contributed by atoms with Crippen molar-refractivity contribution in [1.82, 2.24) is 4.90 Å². The van der Waals surface area contributed by atoms with Crippen molar-refractivity contribution in [1.29, 1.82) is 0 Å². The number of hydrogen-bond acceptors (Lipinski definition) is 7. The number of aliphatic imine (C=N–C) groups is 1. The van der Waals surface area contributed by atoms with Crippen LogP contribution in [0.3, 0.4) is 0 Å². The molecule has 0 bridgehead atoms. The summed E-state index contributed by atoms with van der Waals surface area (Å²) >= 11 is 0.943. The first-order valence-electron chi connectivity index (χ1n) is 11.8. The summed E-state index contributed by atoms with van der Waals surface area (Å²) in [6, 6.07) is 15.0. The molecule has 3 aromatic rings. The molecule has 2 heterocycles. The third-order valence-electron chi connectivity index (χ3n) is 6.01. The average molecular weight is 572 g/mol.